The van der Waals surface area contributed by atoms with E-state index in [1.165, 1.54) is 4.31 Å². The Bertz CT molecular complexity index is 1270. The largest absolute Gasteiger partial charge is 0.618 e. The van der Waals surface area contributed by atoms with E-state index in [0.29, 0.717) is 15.9 Å². The molecule has 1 atom stereocenters. The van der Waals surface area contributed by atoms with Gasteiger partial charge in [0.25, 0.3) is 0 Å². The molecule has 0 aliphatic carbocycles. The van der Waals surface area contributed by atoms with Gasteiger partial charge in [0.2, 0.25) is 15.7 Å². The summed E-state index contributed by atoms with van der Waals surface area (Å²) in [6.07, 6.45) is -3.39. The van der Waals surface area contributed by atoms with Gasteiger partial charge in [-0.2, -0.15) is 22.2 Å². The SMILES string of the molecule is CC(C)c1cc(C(C)C)c(S(=O)(=O)N2[C@H](/C=[N+](\[O-])c3ccc(C(F)(F)F)cc3)COC2(C)C)c(C(C)C)c1. The Hall–Kier alpha value is -2.43. The Balaban J connectivity index is 2.16. The molecule has 38 heavy (non-hydrogen) atoms. The van der Waals surface area contributed by atoms with Crippen LogP contribution in [0.15, 0.2) is 41.3 Å². The lowest BCUT2D eigenvalue weighted by Gasteiger charge is -2.33. The van der Waals surface area contributed by atoms with Gasteiger partial charge in [-0.3, -0.25) is 0 Å². The van der Waals surface area contributed by atoms with Crippen LogP contribution in [0.3, 0.4) is 0 Å². The number of benzene rings is 2. The van der Waals surface area contributed by atoms with E-state index in [-0.39, 0.29) is 34.9 Å². The van der Waals surface area contributed by atoms with E-state index < -0.39 is 33.5 Å². The van der Waals surface area contributed by atoms with Crippen LogP contribution in [-0.2, 0) is 20.9 Å². The molecule has 0 spiro atoms. The van der Waals surface area contributed by atoms with Gasteiger partial charge in [0, 0.05) is 12.1 Å². The second-order valence-electron chi connectivity index (χ2n) is 11.1. The van der Waals surface area contributed by atoms with Gasteiger partial charge < -0.3 is 9.94 Å². The van der Waals surface area contributed by atoms with Crippen molar-refractivity contribution in [3.8, 4) is 0 Å². The van der Waals surface area contributed by atoms with E-state index in [1.807, 2.05) is 39.8 Å². The summed E-state index contributed by atoms with van der Waals surface area (Å²) in [6, 6.07) is 6.67. The molecule has 0 amide bonds. The van der Waals surface area contributed by atoms with Crippen LogP contribution in [0.5, 0.6) is 0 Å². The first-order valence-corrected chi connectivity index (χ1v) is 14.2. The number of sulfonamides is 1. The van der Waals surface area contributed by atoms with Crippen molar-refractivity contribution in [3.05, 3.63) is 63.9 Å². The third kappa shape index (κ3) is 5.92. The maximum atomic E-state index is 14.4. The highest BCUT2D eigenvalue weighted by Crippen LogP contribution is 2.41. The van der Waals surface area contributed by atoms with Crippen molar-refractivity contribution in [1.82, 2.24) is 4.31 Å². The molecule has 0 bridgehead atoms. The first-order valence-electron chi connectivity index (χ1n) is 12.7. The van der Waals surface area contributed by atoms with E-state index in [2.05, 4.69) is 13.8 Å². The minimum atomic E-state index is -4.53. The molecule has 2 aromatic carbocycles. The molecule has 0 aromatic heterocycles. The monoisotopic (exact) mass is 554 g/mol. The van der Waals surface area contributed by atoms with Crippen molar-refractivity contribution in [1.29, 1.82) is 0 Å². The third-order valence-electron chi connectivity index (χ3n) is 6.79. The molecule has 2 aromatic rings. The second-order valence-corrected chi connectivity index (χ2v) is 12.9. The predicted molar refractivity (Wildman–Crippen MR) is 142 cm³/mol. The highest BCUT2D eigenvalue weighted by molar-refractivity contribution is 7.89. The zero-order valence-corrected chi connectivity index (χ0v) is 23.9. The van der Waals surface area contributed by atoms with Crippen LogP contribution in [0, 0.1) is 5.21 Å². The molecule has 210 valence electrons. The summed E-state index contributed by atoms with van der Waals surface area (Å²) in [7, 11) is -4.18. The standard InChI is InChI=1S/C28H37F3N2O4S/c1-17(2)20-13-24(18(3)4)26(25(14-20)19(5)6)38(35,36)33-23(16-37-27(33,7)8)15-32(34)22-11-9-21(10-12-22)28(29,30)31/h9-15,17-19,23H,16H2,1-8H3/b32-15-/t23-/m1/s1. The van der Waals surface area contributed by atoms with Crippen LogP contribution in [0.4, 0.5) is 18.9 Å². The van der Waals surface area contributed by atoms with Crippen molar-refractivity contribution in [2.24, 2.45) is 0 Å². The molecule has 6 nitrogen and oxygen atoms in total. The highest BCUT2D eigenvalue weighted by atomic mass is 32.2. The van der Waals surface area contributed by atoms with Crippen LogP contribution >= 0.6 is 0 Å². The highest BCUT2D eigenvalue weighted by Gasteiger charge is 2.50. The zero-order chi connectivity index (χ0) is 28.8. The molecule has 0 N–H and O–H groups in total. The van der Waals surface area contributed by atoms with Gasteiger partial charge in [-0.1, -0.05) is 53.7 Å². The minimum absolute atomic E-state index is 0.0490. The van der Waals surface area contributed by atoms with Gasteiger partial charge in [-0.25, -0.2) is 8.42 Å². The fourth-order valence-corrected chi connectivity index (χ4v) is 7.20. The zero-order valence-electron chi connectivity index (χ0n) is 23.1. The molecule has 1 aliphatic heterocycles. The summed E-state index contributed by atoms with van der Waals surface area (Å²) in [5, 5.41) is 13.0. The number of nitrogens with zero attached hydrogens (tertiary/aromatic N) is 2. The molecule has 0 unspecified atom stereocenters. The van der Waals surface area contributed by atoms with Crippen LogP contribution in [0.1, 0.15) is 95.4 Å². The first kappa shape index (κ1) is 30.1. The lowest BCUT2D eigenvalue weighted by atomic mass is 9.89. The number of alkyl halides is 3. The molecule has 1 heterocycles. The summed E-state index contributed by atoms with van der Waals surface area (Å²) in [4.78, 5) is 0.218. The molecule has 1 fully saturated rings. The van der Waals surface area contributed by atoms with Gasteiger partial charge in [-0.15, -0.1) is 0 Å². The molecule has 1 aliphatic rings. The minimum Gasteiger partial charge on any atom is -0.618 e. The number of hydrogen-bond donors (Lipinski definition) is 0. The third-order valence-corrected chi connectivity index (χ3v) is 9.01. The van der Waals surface area contributed by atoms with Gasteiger partial charge in [0.05, 0.1) is 17.1 Å². The summed E-state index contributed by atoms with van der Waals surface area (Å²) >= 11 is 0. The van der Waals surface area contributed by atoms with Gasteiger partial charge in [0.15, 0.2) is 6.21 Å². The van der Waals surface area contributed by atoms with Crippen molar-refractivity contribution in [2.45, 2.75) is 96.0 Å². The molecule has 3 rings (SSSR count). The van der Waals surface area contributed by atoms with Crippen molar-refractivity contribution < 1.29 is 31.1 Å². The maximum absolute atomic E-state index is 14.4. The average molecular weight is 555 g/mol. The Morgan fingerprint density at radius 1 is 1.00 bits per heavy atom. The molecular formula is C28H37F3N2O4S. The normalized spacial score (nSPS) is 19.2. The van der Waals surface area contributed by atoms with E-state index in [0.717, 1.165) is 36.0 Å². The quantitative estimate of drug-likeness (QED) is 0.158. The summed E-state index contributed by atoms with van der Waals surface area (Å²) in [6.45, 7) is 15.1. The van der Waals surface area contributed by atoms with E-state index in [9.17, 15) is 26.8 Å². The average Bonchev–Trinajstić information content (AvgIpc) is 3.11. The van der Waals surface area contributed by atoms with Gasteiger partial charge in [-0.05, 0) is 60.4 Å². The van der Waals surface area contributed by atoms with Crippen molar-refractivity contribution in [2.75, 3.05) is 6.61 Å². The van der Waals surface area contributed by atoms with Gasteiger partial charge >= 0.3 is 6.18 Å². The molecular weight excluding hydrogens is 517 g/mol. The predicted octanol–water partition coefficient (Wildman–Crippen LogP) is 7.11. The van der Waals surface area contributed by atoms with Gasteiger partial charge in [0.1, 0.15) is 11.8 Å². The fraction of sp³-hybridized carbons (Fsp3) is 0.536. The first-order chi connectivity index (χ1) is 17.4. The van der Waals surface area contributed by atoms with Crippen molar-refractivity contribution in [3.63, 3.8) is 0 Å². The number of rotatable bonds is 7. The van der Waals surface area contributed by atoms with E-state index in [1.54, 1.807) is 13.8 Å². The number of hydrogen-bond acceptors (Lipinski definition) is 4. The second kappa shape index (κ2) is 10.6. The lowest BCUT2D eigenvalue weighted by molar-refractivity contribution is -0.357. The van der Waals surface area contributed by atoms with Crippen molar-refractivity contribution >= 4 is 21.9 Å². The fourth-order valence-electron chi connectivity index (χ4n) is 4.72. The number of ether oxygens (including phenoxy) is 1. The molecule has 10 heteroatoms. The summed E-state index contributed by atoms with van der Waals surface area (Å²) < 4.78 is 75.1. The Labute approximate surface area is 223 Å². The van der Waals surface area contributed by atoms with E-state index >= 15 is 0 Å². The maximum Gasteiger partial charge on any atom is 0.416 e. The smallest absolute Gasteiger partial charge is 0.416 e. The van der Waals surface area contributed by atoms with E-state index in [4.69, 9.17) is 4.74 Å². The number of halogens is 3. The Morgan fingerprint density at radius 2 is 1.50 bits per heavy atom. The Morgan fingerprint density at radius 3 is 1.92 bits per heavy atom. The topological polar surface area (TPSA) is 72.7 Å². The molecule has 1 saturated heterocycles. The van der Waals surface area contributed by atoms with Crippen LogP contribution in [0.2, 0.25) is 0 Å². The summed E-state index contributed by atoms with van der Waals surface area (Å²) in [5.41, 5.74) is 0.249. The molecule has 0 radical (unpaired) electrons. The Kier molecular flexibility index (Phi) is 8.42. The lowest BCUT2D eigenvalue weighted by Crippen LogP contribution is -2.49. The van der Waals surface area contributed by atoms with Crippen LogP contribution in [0.25, 0.3) is 0 Å². The molecule has 0 saturated carbocycles. The van der Waals surface area contributed by atoms with Crippen LogP contribution in [-0.4, -0.2) is 42.1 Å². The summed E-state index contributed by atoms with van der Waals surface area (Å²) in [5.74, 6) is 0.0218. The van der Waals surface area contributed by atoms with Crippen LogP contribution < -0.4 is 0 Å².